The summed E-state index contributed by atoms with van der Waals surface area (Å²) in [5.74, 6) is 0.143. The number of likely N-dealkylation sites (N-methyl/N-ethyl adjacent to an activating group) is 1. The fourth-order valence-electron chi connectivity index (χ4n) is 5.35. The lowest BCUT2D eigenvalue weighted by Crippen LogP contribution is -2.20. The van der Waals surface area contributed by atoms with Gasteiger partial charge in [-0.1, -0.05) is 20.4 Å². The molecular weight excluding hydrogens is 572 g/mol. The molecule has 45 heavy (non-hydrogen) atoms. The minimum Gasteiger partial charge on any atom is -0.384 e. The number of rotatable bonds is 11. The topological polar surface area (TPSA) is 110 Å². The number of allylic oxidation sites excluding steroid dienone is 1. The molecule has 0 aliphatic carbocycles. The molecule has 6 aromatic rings. The van der Waals surface area contributed by atoms with Gasteiger partial charge >= 0.3 is 0 Å². The summed E-state index contributed by atoms with van der Waals surface area (Å²) in [6, 6.07) is 11.6. The first-order chi connectivity index (χ1) is 21.6. The van der Waals surface area contributed by atoms with Crippen LogP contribution in [0, 0.1) is 17.6 Å². The Morgan fingerprint density at radius 2 is 1.80 bits per heavy atom. The zero-order chi connectivity index (χ0) is 31.7. The normalized spacial score (nSPS) is 11.6. The summed E-state index contributed by atoms with van der Waals surface area (Å²) in [7, 11) is 3.97. The average molecular weight is 608 g/mol. The monoisotopic (exact) mass is 607 g/mol. The van der Waals surface area contributed by atoms with E-state index in [2.05, 4.69) is 56.2 Å². The van der Waals surface area contributed by atoms with Crippen molar-refractivity contribution in [1.29, 1.82) is 0 Å². The number of H-pyrrole nitrogens is 2. The molecule has 0 saturated carbocycles. The van der Waals surface area contributed by atoms with Gasteiger partial charge in [0.2, 0.25) is 0 Å². The van der Waals surface area contributed by atoms with E-state index >= 15 is 4.39 Å². The first-order valence-electron chi connectivity index (χ1n) is 14.8. The van der Waals surface area contributed by atoms with Gasteiger partial charge in [-0.25, -0.2) is 13.8 Å². The Kier molecular flexibility index (Phi) is 8.27. The minimum absolute atomic E-state index is 0.375. The predicted octanol–water partition coefficient (Wildman–Crippen LogP) is 7.45. The summed E-state index contributed by atoms with van der Waals surface area (Å²) in [6.45, 7) is 9.81. The quantitative estimate of drug-likeness (QED) is 0.121. The maximum Gasteiger partial charge on any atom is 0.159 e. The minimum atomic E-state index is -0.408. The number of hydrogen-bond donors (Lipinski definition) is 4. The lowest BCUT2D eigenvalue weighted by atomic mass is 10.0. The summed E-state index contributed by atoms with van der Waals surface area (Å²) in [5, 5.41) is 14.6. The molecule has 0 radical (unpaired) electrons. The summed E-state index contributed by atoms with van der Waals surface area (Å²) in [4.78, 5) is 19.1. The largest absolute Gasteiger partial charge is 0.384 e. The van der Waals surface area contributed by atoms with Crippen LogP contribution in [0.3, 0.4) is 0 Å². The molecule has 0 amide bonds. The fourth-order valence-corrected chi connectivity index (χ4v) is 5.35. The predicted molar refractivity (Wildman–Crippen MR) is 177 cm³/mol. The van der Waals surface area contributed by atoms with Crippen LogP contribution in [0.15, 0.2) is 73.3 Å². The smallest absolute Gasteiger partial charge is 0.159 e. The maximum absolute atomic E-state index is 15.4. The van der Waals surface area contributed by atoms with Crippen LogP contribution in [-0.4, -0.2) is 62.2 Å². The Balaban J connectivity index is 1.36. The van der Waals surface area contributed by atoms with Gasteiger partial charge in [-0.05, 0) is 62.8 Å². The number of aromatic amines is 2. The Hall–Kier alpha value is -5.16. The Labute approximate surface area is 259 Å². The number of anilines is 2. The van der Waals surface area contributed by atoms with E-state index in [-0.39, 0.29) is 5.82 Å². The molecule has 0 fully saturated rings. The van der Waals surface area contributed by atoms with Crippen LogP contribution < -0.4 is 10.6 Å². The van der Waals surface area contributed by atoms with Crippen molar-refractivity contribution in [2.45, 2.75) is 20.3 Å². The second-order valence-electron chi connectivity index (χ2n) is 11.8. The van der Waals surface area contributed by atoms with Crippen molar-refractivity contribution in [2.24, 2.45) is 5.92 Å². The van der Waals surface area contributed by atoms with Gasteiger partial charge in [0.1, 0.15) is 22.8 Å². The van der Waals surface area contributed by atoms with Crippen molar-refractivity contribution in [3.05, 3.63) is 85.0 Å². The van der Waals surface area contributed by atoms with E-state index < -0.39 is 5.82 Å². The first kappa shape index (κ1) is 29.9. The van der Waals surface area contributed by atoms with E-state index in [1.807, 2.05) is 37.2 Å². The van der Waals surface area contributed by atoms with Crippen LogP contribution in [0.4, 0.5) is 20.2 Å². The van der Waals surface area contributed by atoms with Crippen molar-refractivity contribution in [3.63, 3.8) is 0 Å². The zero-order valence-corrected chi connectivity index (χ0v) is 25.7. The average Bonchev–Trinajstić information content (AvgIpc) is 3.59. The van der Waals surface area contributed by atoms with Gasteiger partial charge in [0, 0.05) is 65.0 Å². The highest BCUT2D eigenvalue weighted by Gasteiger charge is 2.19. The molecule has 4 heterocycles. The van der Waals surface area contributed by atoms with E-state index in [1.54, 1.807) is 24.7 Å². The highest BCUT2D eigenvalue weighted by molar-refractivity contribution is 5.98. The molecule has 0 aliphatic rings. The van der Waals surface area contributed by atoms with Gasteiger partial charge < -0.3 is 20.5 Å². The fraction of sp³-hybridized carbons (Fsp3) is 0.235. The third kappa shape index (κ3) is 6.53. The number of imidazole rings is 1. The van der Waals surface area contributed by atoms with Gasteiger partial charge in [0.15, 0.2) is 5.82 Å². The Morgan fingerprint density at radius 3 is 2.60 bits per heavy atom. The number of fused-ring (bicyclic) bond motifs is 2. The van der Waals surface area contributed by atoms with E-state index in [1.165, 1.54) is 18.2 Å². The summed E-state index contributed by atoms with van der Waals surface area (Å²) < 4.78 is 30.1. The van der Waals surface area contributed by atoms with Crippen molar-refractivity contribution in [1.82, 2.24) is 35.0 Å². The van der Waals surface area contributed by atoms with E-state index in [4.69, 9.17) is 4.98 Å². The molecule has 0 saturated heterocycles. The Bertz CT molecular complexity index is 2010. The van der Waals surface area contributed by atoms with Gasteiger partial charge in [0.25, 0.3) is 0 Å². The number of halogens is 2. The number of nitrogens with zero attached hydrogens (tertiary/aromatic N) is 5. The molecule has 6 rings (SSSR count). The van der Waals surface area contributed by atoms with Crippen LogP contribution >= 0.6 is 0 Å². The number of nitrogens with one attached hydrogen (secondary N) is 4. The second kappa shape index (κ2) is 12.4. The molecular formula is C34H35F2N9. The highest BCUT2D eigenvalue weighted by Crippen LogP contribution is 2.35. The SMILES string of the molecule is C=C(CC(C)C)Nc1cncc(-c2cc3c(-c4nc5c(-c6cc(F)cc(NCCN(C)C)c6)nccc5[nH]4)n[nH]c3cc2F)c1. The molecule has 4 N–H and O–H groups in total. The number of hydrogen-bond acceptors (Lipinski definition) is 7. The number of benzene rings is 2. The molecule has 2 aromatic carbocycles. The number of aromatic nitrogens is 6. The van der Waals surface area contributed by atoms with Crippen molar-refractivity contribution >= 4 is 33.3 Å². The summed E-state index contributed by atoms with van der Waals surface area (Å²) in [5.41, 5.74) is 6.70. The Morgan fingerprint density at radius 1 is 0.978 bits per heavy atom. The van der Waals surface area contributed by atoms with Crippen LogP contribution in [0.5, 0.6) is 0 Å². The molecule has 230 valence electrons. The lowest BCUT2D eigenvalue weighted by molar-refractivity contribution is 0.425. The summed E-state index contributed by atoms with van der Waals surface area (Å²) >= 11 is 0. The zero-order valence-electron chi connectivity index (χ0n) is 25.7. The lowest BCUT2D eigenvalue weighted by Gasteiger charge is -2.12. The van der Waals surface area contributed by atoms with Gasteiger partial charge in [0.05, 0.1) is 28.6 Å². The van der Waals surface area contributed by atoms with E-state index in [0.717, 1.165) is 24.4 Å². The molecule has 0 spiro atoms. The number of pyridine rings is 2. The van der Waals surface area contributed by atoms with E-state index in [9.17, 15) is 4.39 Å². The molecule has 0 unspecified atom stereocenters. The third-order valence-corrected chi connectivity index (χ3v) is 7.36. The van der Waals surface area contributed by atoms with Crippen LogP contribution in [0.25, 0.3) is 55.8 Å². The third-order valence-electron chi connectivity index (χ3n) is 7.36. The molecule has 0 atom stereocenters. The maximum atomic E-state index is 15.4. The second-order valence-corrected chi connectivity index (χ2v) is 11.8. The van der Waals surface area contributed by atoms with Gasteiger partial charge in [-0.15, -0.1) is 0 Å². The standard InChI is InChI=1S/C34H35F2N9/c1-19(2)10-20(3)40-25-13-22(17-37-18-25)26-15-27-30(16-28(26)36)43-44-32(27)34-41-29-6-7-39-31(33(29)42-34)21-11-23(35)14-24(12-21)38-8-9-45(4)5/h6-7,11-19,38,40H,3,8-10H2,1-2,4-5H3,(H,41,42)(H,43,44). The summed E-state index contributed by atoms with van der Waals surface area (Å²) in [6.07, 6.45) is 5.79. The molecule has 0 bridgehead atoms. The molecule has 4 aromatic heterocycles. The van der Waals surface area contributed by atoms with Crippen molar-refractivity contribution < 1.29 is 8.78 Å². The van der Waals surface area contributed by atoms with Crippen LogP contribution in [0.1, 0.15) is 20.3 Å². The van der Waals surface area contributed by atoms with Gasteiger partial charge in [-0.3, -0.25) is 15.1 Å². The van der Waals surface area contributed by atoms with Crippen molar-refractivity contribution in [3.8, 4) is 33.9 Å². The molecule has 0 aliphatic heterocycles. The van der Waals surface area contributed by atoms with Crippen molar-refractivity contribution in [2.75, 3.05) is 37.8 Å². The van der Waals surface area contributed by atoms with Gasteiger partial charge in [-0.2, -0.15) is 5.10 Å². The molecule has 9 nitrogen and oxygen atoms in total. The van der Waals surface area contributed by atoms with Crippen LogP contribution in [0.2, 0.25) is 0 Å². The van der Waals surface area contributed by atoms with E-state index in [0.29, 0.717) is 74.0 Å². The highest BCUT2D eigenvalue weighted by atomic mass is 19.1. The first-order valence-corrected chi connectivity index (χ1v) is 14.8. The molecule has 11 heteroatoms. The van der Waals surface area contributed by atoms with Crippen LogP contribution in [-0.2, 0) is 0 Å².